The first-order chi connectivity index (χ1) is 9.36. The highest BCUT2D eigenvalue weighted by Gasteiger charge is 2.26. The van der Waals surface area contributed by atoms with Crippen molar-refractivity contribution in [3.05, 3.63) is 11.6 Å². The molecule has 1 saturated carbocycles. The van der Waals surface area contributed by atoms with Gasteiger partial charge in [-0.1, -0.05) is 32.4 Å². The van der Waals surface area contributed by atoms with Crippen LogP contribution in [0.2, 0.25) is 0 Å². The fourth-order valence-corrected chi connectivity index (χ4v) is 3.02. The Hall–Kier alpha value is -1.03. The Bertz CT molecular complexity index is 376. The van der Waals surface area contributed by atoms with E-state index < -0.39 is 0 Å². The van der Waals surface area contributed by atoms with Crippen LogP contribution in [0.25, 0.3) is 0 Å². The largest absolute Gasteiger partial charge is 0.393 e. The second kappa shape index (κ2) is 6.17. The van der Waals surface area contributed by atoms with Gasteiger partial charge in [-0.3, -0.25) is 0 Å². The Morgan fingerprint density at radius 2 is 1.95 bits per heavy atom. The molecule has 1 aliphatic carbocycles. The van der Waals surface area contributed by atoms with Gasteiger partial charge >= 0.3 is 6.03 Å². The minimum Gasteiger partial charge on any atom is -0.393 e. The van der Waals surface area contributed by atoms with Gasteiger partial charge in [0.05, 0.1) is 6.10 Å². The third kappa shape index (κ3) is 3.98. The number of nitrogens with zero attached hydrogens (tertiary/aromatic N) is 1. The quantitative estimate of drug-likeness (QED) is 0.726. The summed E-state index contributed by atoms with van der Waals surface area (Å²) in [6, 6.07) is 0.287. The van der Waals surface area contributed by atoms with Gasteiger partial charge in [0.1, 0.15) is 0 Å². The number of carbonyl (C=O) groups is 1. The van der Waals surface area contributed by atoms with Crippen LogP contribution in [0.15, 0.2) is 11.6 Å². The predicted octanol–water partition coefficient (Wildman–Crippen LogP) is 2.68. The fourth-order valence-electron chi connectivity index (χ4n) is 3.02. The molecular weight excluding hydrogens is 252 g/mol. The zero-order valence-corrected chi connectivity index (χ0v) is 13.0. The number of aliphatic hydroxyl groups excluding tert-OH is 1. The third-order valence-electron chi connectivity index (χ3n) is 4.48. The molecule has 4 heteroatoms. The normalized spacial score (nSPS) is 28.0. The molecule has 1 fully saturated rings. The number of amides is 2. The van der Waals surface area contributed by atoms with Crippen LogP contribution in [-0.2, 0) is 0 Å². The fraction of sp³-hybridized carbons (Fsp3) is 0.812. The molecule has 1 heterocycles. The van der Waals surface area contributed by atoms with E-state index in [1.54, 1.807) is 0 Å². The lowest BCUT2D eigenvalue weighted by Crippen LogP contribution is -2.48. The summed E-state index contributed by atoms with van der Waals surface area (Å²) >= 11 is 0. The number of nitrogens with one attached hydrogen (secondary N) is 1. The van der Waals surface area contributed by atoms with Crippen LogP contribution in [0.1, 0.15) is 52.9 Å². The molecule has 20 heavy (non-hydrogen) atoms. The average Bonchev–Trinajstić information content (AvgIpc) is 2.40. The van der Waals surface area contributed by atoms with Crippen molar-refractivity contribution >= 4 is 6.03 Å². The van der Waals surface area contributed by atoms with Gasteiger partial charge < -0.3 is 15.3 Å². The van der Waals surface area contributed by atoms with Crippen molar-refractivity contribution < 1.29 is 9.90 Å². The van der Waals surface area contributed by atoms with Crippen molar-refractivity contribution in [2.45, 2.75) is 65.0 Å². The number of hydrogen-bond donors (Lipinski definition) is 2. The molecule has 4 nitrogen and oxygen atoms in total. The highest BCUT2D eigenvalue weighted by Crippen LogP contribution is 2.30. The summed E-state index contributed by atoms with van der Waals surface area (Å²) < 4.78 is 0. The van der Waals surface area contributed by atoms with Gasteiger partial charge in [0.25, 0.3) is 0 Å². The van der Waals surface area contributed by atoms with Crippen LogP contribution >= 0.6 is 0 Å². The number of hydrogen-bond acceptors (Lipinski definition) is 2. The zero-order valence-electron chi connectivity index (χ0n) is 13.0. The van der Waals surface area contributed by atoms with Crippen LogP contribution < -0.4 is 5.32 Å². The number of rotatable bonds is 1. The SMILES string of the molecule is CC(C)(C)C1=CCN(C(=O)NC2CCC(O)CC2)CC1. The van der Waals surface area contributed by atoms with E-state index in [9.17, 15) is 9.90 Å². The summed E-state index contributed by atoms with van der Waals surface area (Å²) in [6.45, 7) is 8.20. The topological polar surface area (TPSA) is 52.6 Å². The first kappa shape index (κ1) is 15.4. The molecule has 0 radical (unpaired) electrons. The summed E-state index contributed by atoms with van der Waals surface area (Å²) in [6.07, 6.45) is 6.40. The summed E-state index contributed by atoms with van der Waals surface area (Å²) in [7, 11) is 0. The number of aliphatic hydroxyl groups is 1. The second-order valence-electron chi connectivity index (χ2n) is 7.13. The van der Waals surface area contributed by atoms with Crippen molar-refractivity contribution in [2.75, 3.05) is 13.1 Å². The Morgan fingerprint density at radius 1 is 1.30 bits per heavy atom. The van der Waals surface area contributed by atoms with Gasteiger partial charge in [-0.2, -0.15) is 0 Å². The van der Waals surface area contributed by atoms with Gasteiger partial charge in [0.15, 0.2) is 0 Å². The zero-order chi connectivity index (χ0) is 14.8. The molecular formula is C16H28N2O2. The van der Waals surface area contributed by atoms with Gasteiger partial charge in [0, 0.05) is 19.1 Å². The van der Waals surface area contributed by atoms with Crippen LogP contribution in [0, 0.1) is 5.41 Å². The molecule has 1 aliphatic heterocycles. The Labute approximate surface area is 122 Å². The molecule has 2 aliphatic rings. The number of urea groups is 1. The Morgan fingerprint density at radius 3 is 2.45 bits per heavy atom. The lowest BCUT2D eigenvalue weighted by Gasteiger charge is -2.34. The molecule has 2 rings (SSSR count). The lowest BCUT2D eigenvalue weighted by atomic mass is 9.83. The van der Waals surface area contributed by atoms with Crippen molar-refractivity contribution in [1.29, 1.82) is 0 Å². The van der Waals surface area contributed by atoms with E-state index >= 15 is 0 Å². The molecule has 2 N–H and O–H groups in total. The molecule has 114 valence electrons. The van der Waals surface area contributed by atoms with Gasteiger partial charge in [-0.05, 0) is 37.5 Å². The van der Waals surface area contributed by atoms with Gasteiger partial charge in [-0.25, -0.2) is 4.79 Å². The van der Waals surface area contributed by atoms with Crippen LogP contribution in [0.3, 0.4) is 0 Å². The molecule has 0 atom stereocenters. The summed E-state index contributed by atoms with van der Waals surface area (Å²) in [5, 5.41) is 12.6. The van der Waals surface area contributed by atoms with Gasteiger partial charge in [0.2, 0.25) is 0 Å². The minimum atomic E-state index is -0.171. The molecule has 0 aromatic heterocycles. The van der Waals surface area contributed by atoms with E-state index in [2.05, 4.69) is 32.2 Å². The standard InChI is InChI=1S/C16H28N2O2/c1-16(2,3)12-8-10-18(11-9-12)15(20)17-13-4-6-14(19)7-5-13/h8,13-14,19H,4-7,9-11H2,1-3H3,(H,17,20). The molecule has 0 bridgehead atoms. The van der Waals surface area contributed by atoms with Crippen molar-refractivity contribution in [1.82, 2.24) is 10.2 Å². The highest BCUT2D eigenvalue weighted by molar-refractivity contribution is 5.75. The second-order valence-corrected chi connectivity index (χ2v) is 7.13. The van der Waals surface area contributed by atoms with E-state index in [1.165, 1.54) is 5.57 Å². The molecule has 0 saturated heterocycles. The highest BCUT2D eigenvalue weighted by atomic mass is 16.3. The first-order valence-corrected chi connectivity index (χ1v) is 7.79. The maximum Gasteiger partial charge on any atom is 0.317 e. The molecule has 0 aromatic carbocycles. The van der Waals surface area contributed by atoms with E-state index in [1.807, 2.05) is 4.90 Å². The van der Waals surface area contributed by atoms with Crippen LogP contribution in [0.5, 0.6) is 0 Å². The first-order valence-electron chi connectivity index (χ1n) is 7.79. The average molecular weight is 280 g/mol. The van der Waals surface area contributed by atoms with E-state index in [0.717, 1.165) is 38.6 Å². The van der Waals surface area contributed by atoms with Crippen molar-refractivity contribution in [3.8, 4) is 0 Å². The Kier molecular flexibility index (Phi) is 4.74. The minimum absolute atomic E-state index is 0.0515. The monoisotopic (exact) mass is 280 g/mol. The maximum absolute atomic E-state index is 12.2. The Balaban J connectivity index is 1.82. The van der Waals surface area contributed by atoms with Gasteiger partial charge in [-0.15, -0.1) is 0 Å². The van der Waals surface area contributed by atoms with Crippen LogP contribution in [0.4, 0.5) is 4.79 Å². The molecule has 0 spiro atoms. The lowest BCUT2D eigenvalue weighted by molar-refractivity contribution is 0.115. The van der Waals surface area contributed by atoms with Crippen molar-refractivity contribution in [3.63, 3.8) is 0 Å². The molecule has 0 aromatic rings. The van der Waals surface area contributed by atoms with Crippen molar-refractivity contribution in [2.24, 2.45) is 5.41 Å². The third-order valence-corrected chi connectivity index (χ3v) is 4.48. The predicted molar refractivity (Wildman–Crippen MR) is 80.5 cm³/mol. The van der Waals surface area contributed by atoms with E-state index in [-0.39, 0.29) is 23.6 Å². The summed E-state index contributed by atoms with van der Waals surface area (Å²) in [5.74, 6) is 0. The molecule has 2 amide bonds. The van der Waals surface area contributed by atoms with Crippen LogP contribution in [-0.4, -0.2) is 41.3 Å². The summed E-state index contributed by atoms with van der Waals surface area (Å²) in [5.41, 5.74) is 1.66. The smallest absolute Gasteiger partial charge is 0.317 e. The van der Waals surface area contributed by atoms with E-state index in [4.69, 9.17) is 0 Å². The van der Waals surface area contributed by atoms with E-state index in [0.29, 0.717) is 6.54 Å². The number of carbonyl (C=O) groups excluding carboxylic acids is 1. The molecule has 0 unspecified atom stereocenters. The summed E-state index contributed by atoms with van der Waals surface area (Å²) in [4.78, 5) is 14.1. The maximum atomic E-state index is 12.2.